The largest absolute Gasteiger partial charge is 0.381 e. The molecule has 0 saturated heterocycles. The summed E-state index contributed by atoms with van der Waals surface area (Å²) >= 11 is 0. The van der Waals surface area contributed by atoms with Crippen molar-refractivity contribution in [3.8, 4) is 0 Å². The van der Waals surface area contributed by atoms with E-state index >= 15 is 0 Å². The smallest absolute Gasteiger partial charge is 0.260 e. The zero-order chi connectivity index (χ0) is 13.3. The maximum absolute atomic E-state index is 12.3. The third-order valence-corrected chi connectivity index (χ3v) is 5.30. The van der Waals surface area contributed by atoms with E-state index in [1.165, 1.54) is 23.7 Å². The van der Waals surface area contributed by atoms with Crippen molar-refractivity contribution in [1.82, 2.24) is 14.3 Å². The Kier molecular flexibility index (Phi) is 3.63. The van der Waals surface area contributed by atoms with E-state index in [2.05, 4.69) is 9.71 Å². The van der Waals surface area contributed by atoms with Crippen LogP contribution in [0.25, 0.3) is 0 Å². The average Bonchev–Trinajstić information content (AvgIpc) is 2.87. The number of aryl methyl sites for hydroxylation is 1. The van der Waals surface area contributed by atoms with Gasteiger partial charge in [0.05, 0.1) is 6.33 Å². The second-order valence-corrected chi connectivity index (χ2v) is 6.63. The van der Waals surface area contributed by atoms with E-state index in [1.54, 1.807) is 7.05 Å². The Morgan fingerprint density at radius 3 is 2.61 bits per heavy atom. The molecule has 1 heterocycles. The van der Waals surface area contributed by atoms with E-state index in [4.69, 9.17) is 5.73 Å². The lowest BCUT2D eigenvalue weighted by Gasteiger charge is -2.20. The lowest BCUT2D eigenvalue weighted by molar-refractivity contribution is 0.423. The van der Waals surface area contributed by atoms with Gasteiger partial charge in [-0.25, -0.2) is 18.1 Å². The van der Waals surface area contributed by atoms with Crippen LogP contribution in [0.3, 0.4) is 0 Å². The summed E-state index contributed by atoms with van der Waals surface area (Å²) in [6, 6.07) is -0.0631. The summed E-state index contributed by atoms with van der Waals surface area (Å²) in [5.74, 6) is 0.470. The fourth-order valence-electron chi connectivity index (χ4n) is 2.62. The standard InChI is InChI=1S/C11H20N4O2S/c1-8(9-5-3-4-6-9)14-18(16,17)11-10(12)13-7-15(11)2/h7-9,14H,3-6,12H2,1-2H3. The number of nitrogens with one attached hydrogen (secondary N) is 1. The molecule has 0 aliphatic heterocycles. The Balaban J connectivity index is 2.17. The highest BCUT2D eigenvalue weighted by Crippen LogP contribution is 2.28. The van der Waals surface area contributed by atoms with Gasteiger partial charge in [-0.2, -0.15) is 0 Å². The maximum Gasteiger partial charge on any atom is 0.260 e. The van der Waals surface area contributed by atoms with Gasteiger partial charge in [-0.1, -0.05) is 12.8 Å². The van der Waals surface area contributed by atoms with Crippen LogP contribution in [0.4, 0.5) is 5.82 Å². The molecule has 0 amide bonds. The van der Waals surface area contributed by atoms with E-state index in [1.807, 2.05) is 6.92 Å². The molecule has 1 fully saturated rings. The number of rotatable bonds is 4. The summed E-state index contributed by atoms with van der Waals surface area (Å²) in [6.07, 6.45) is 5.95. The number of anilines is 1. The zero-order valence-electron chi connectivity index (χ0n) is 10.8. The first kappa shape index (κ1) is 13.4. The van der Waals surface area contributed by atoms with Crippen LogP contribution in [0.2, 0.25) is 0 Å². The molecule has 1 aliphatic carbocycles. The Labute approximate surface area is 108 Å². The van der Waals surface area contributed by atoms with E-state index in [0.717, 1.165) is 12.8 Å². The first-order valence-corrected chi connectivity index (χ1v) is 7.69. The molecule has 1 unspecified atom stereocenters. The highest BCUT2D eigenvalue weighted by molar-refractivity contribution is 7.89. The summed E-state index contributed by atoms with van der Waals surface area (Å²) in [5.41, 5.74) is 5.61. The Bertz CT molecular complexity index is 498. The molecule has 3 N–H and O–H groups in total. The highest BCUT2D eigenvalue weighted by atomic mass is 32.2. The van der Waals surface area contributed by atoms with E-state index in [0.29, 0.717) is 5.92 Å². The van der Waals surface area contributed by atoms with Gasteiger partial charge in [-0.05, 0) is 25.7 Å². The van der Waals surface area contributed by atoms with Crippen molar-refractivity contribution in [2.45, 2.75) is 43.7 Å². The molecule has 0 bridgehead atoms. The third-order valence-electron chi connectivity index (χ3n) is 3.61. The number of nitrogens with zero attached hydrogens (tertiary/aromatic N) is 2. The quantitative estimate of drug-likeness (QED) is 0.850. The normalized spacial score (nSPS) is 19.2. The average molecular weight is 272 g/mol. The SMILES string of the molecule is CC(NS(=O)(=O)c1c(N)ncn1C)C1CCCC1. The molecule has 18 heavy (non-hydrogen) atoms. The third kappa shape index (κ3) is 2.51. The molecule has 7 heteroatoms. The summed E-state index contributed by atoms with van der Waals surface area (Å²) < 4.78 is 28.6. The molecule has 2 rings (SSSR count). The van der Waals surface area contributed by atoms with Crippen molar-refractivity contribution in [2.24, 2.45) is 13.0 Å². The van der Waals surface area contributed by atoms with Crippen LogP contribution < -0.4 is 10.5 Å². The maximum atomic E-state index is 12.3. The monoisotopic (exact) mass is 272 g/mol. The molecule has 102 valence electrons. The second-order valence-electron chi connectivity index (χ2n) is 5.00. The number of hydrogen-bond acceptors (Lipinski definition) is 4. The molecule has 1 aliphatic rings. The van der Waals surface area contributed by atoms with E-state index < -0.39 is 10.0 Å². The second kappa shape index (κ2) is 4.89. The number of sulfonamides is 1. The van der Waals surface area contributed by atoms with Crippen molar-refractivity contribution in [3.63, 3.8) is 0 Å². The van der Waals surface area contributed by atoms with Crippen molar-refractivity contribution in [2.75, 3.05) is 5.73 Å². The predicted octanol–water partition coefficient (Wildman–Crippen LogP) is 0.859. The summed E-state index contributed by atoms with van der Waals surface area (Å²) in [7, 11) is -1.97. The van der Waals surface area contributed by atoms with Gasteiger partial charge in [-0.3, -0.25) is 0 Å². The van der Waals surface area contributed by atoms with Crippen LogP contribution in [0.1, 0.15) is 32.6 Å². The van der Waals surface area contributed by atoms with Crippen LogP contribution in [-0.4, -0.2) is 24.0 Å². The van der Waals surface area contributed by atoms with E-state index in [-0.39, 0.29) is 16.9 Å². The molecule has 0 radical (unpaired) electrons. The van der Waals surface area contributed by atoms with Crippen molar-refractivity contribution >= 4 is 15.8 Å². The molecule has 0 spiro atoms. The van der Waals surface area contributed by atoms with Gasteiger partial charge in [-0.15, -0.1) is 0 Å². The van der Waals surface area contributed by atoms with Gasteiger partial charge in [0.25, 0.3) is 10.0 Å². The van der Waals surface area contributed by atoms with Crippen LogP contribution in [0.15, 0.2) is 11.4 Å². The van der Waals surface area contributed by atoms with Crippen LogP contribution in [0.5, 0.6) is 0 Å². The minimum absolute atomic E-state index is 0.0450. The number of nitrogens with two attached hydrogens (primary N) is 1. The Hall–Kier alpha value is -1.08. The van der Waals surface area contributed by atoms with Crippen molar-refractivity contribution < 1.29 is 8.42 Å². The molecular weight excluding hydrogens is 252 g/mol. The van der Waals surface area contributed by atoms with Gasteiger partial charge >= 0.3 is 0 Å². The number of aromatic nitrogens is 2. The van der Waals surface area contributed by atoms with Crippen molar-refractivity contribution in [3.05, 3.63) is 6.33 Å². The van der Waals surface area contributed by atoms with Gasteiger partial charge in [0.2, 0.25) is 0 Å². The fraction of sp³-hybridized carbons (Fsp3) is 0.727. The minimum atomic E-state index is -3.59. The minimum Gasteiger partial charge on any atom is -0.381 e. The molecule has 1 atom stereocenters. The highest BCUT2D eigenvalue weighted by Gasteiger charge is 2.29. The molecule has 6 nitrogen and oxygen atoms in total. The zero-order valence-corrected chi connectivity index (χ0v) is 11.6. The molecule has 1 aromatic heterocycles. The van der Waals surface area contributed by atoms with Crippen LogP contribution in [-0.2, 0) is 17.1 Å². The fourth-order valence-corrected chi connectivity index (χ4v) is 4.17. The topological polar surface area (TPSA) is 90.0 Å². The Morgan fingerprint density at radius 2 is 2.11 bits per heavy atom. The first-order valence-electron chi connectivity index (χ1n) is 6.21. The molecular formula is C11H20N4O2S. The molecule has 1 saturated carbocycles. The lowest BCUT2D eigenvalue weighted by atomic mass is 10.0. The van der Waals surface area contributed by atoms with Gasteiger partial charge in [0, 0.05) is 13.1 Å². The predicted molar refractivity (Wildman–Crippen MR) is 69.4 cm³/mol. The first-order chi connectivity index (χ1) is 8.42. The van der Waals surface area contributed by atoms with Gasteiger partial charge in [0.1, 0.15) is 0 Å². The summed E-state index contributed by atoms with van der Waals surface area (Å²) in [4.78, 5) is 3.81. The molecule has 1 aromatic rings. The summed E-state index contributed by atoms with van der Waals surface area (Å²) in [5, 5.41) is 0.0485. The lowest BCUT2D eigenvalue weighted by Crippen LogP contribution is -2.38. The van der Waals surface area contributed by atoms with Gasteiger partial charge < -0.3 is 10.3 Å². The number of nitrogen functional groups attached to an aromatic ring is 1. The number of imidazole rings is 1. The van der Waals surface area contributed by atoms with E-state index in [9.17, 15) is 8.42 Å². The Morgan fingerprint density at radius 1 is 1.50 bits per heavy atom. The molecule has 0 aromatic carbocycles. The van der Waals surface area contributed by atoms with Crippen LogP contribution >= 0.6 is 0 Å². The van der Waals surface area contributed by atoms with Crippen molar-refractivity contribution in [1.29, 1.82) is 0 Å². The van der Waals surface area contributed by atoms with Crippen LogP contribution in [0, 0.1) is 5.92 Å². The summed E-state index contributed by atoms with van der Waals surface area (Å²) in [6.45, 7) is 1.92. The van der Waals surface area contributed by atoms with Gasteiger partial charge in [0.15, 0.2) is 10.8 Å². The number of hydrogen-bond donors (Lipinski definition) is 2.